The minimum Gasteiger partial charge on any atom is -0.337 e. The molecule has 0 bridgehead atoms. The molecule has 1 heterocycles. The molecular weight excluding hydrogens is 238 g/mol. The summed E-state index contributed by atoms with van der Waals surface area (Å²) < 4.78 is 5.35. The van der Waals surface area contributed by atoms with Gasteiger partial charge in [-0.15, -0.1) is 0 Å². The van der Waals surface area contributed by atoms with Gasteiger partial charge in [0.2, 0.25) is 5.89 Å². The van der Waals surface area contributed by atoms with Gasteiger partial charge >= 0.3 is 0 Å². The molecule has 1 aliphatic carbocycles. The zero-order chi connectivity index (χ0) is 13.1. The van der Waals surface area contributed by atoms with Gasteiger partial charge in [0.05, 0.1) is 0 Å². The second kappa shape index (κ2) is 5.53. The Labute approximate surface area is 113 Å². The van der Waals surface area contributed by atoms with Crippen LogP contribution in [0.15, 0.2) is 34.9 Å². The van der Waals surface area contributed by atoms with E-state index in [1.165, 1.54) is 32.1 Å². The maximum atomic E-state index is 6.16. The lowest BCUT2D eigenvalue weighted by molar-refractivity contribution is 0.350. The Hall–Kier alpha value is -1.68. The van der Waals surface area contributed by atoms with Gasteiger partial charge in [0, 0.05) is 5.92 Å². The molecule has 1 atom stereocenters. The van der Waals surface area contributed by atoms with Crippen molar-refractivity contribution in [2.45, 2.75) is 44.1 Å². The van der Waals surface area contributed by atoms with Crippen LogP contribution in [0.4, 0.5) is 0 Å². The number of rotatable bonds is 3. The van der Waals surface area contributed by atoms with Crippen molar-refractivity contribution < 1.29 is 4.52 Å². The van der Waals surface area contributed by atoms with E-state index in [1.807, 2.05) is 30.3 Å². The van der Waals surface area contributed by atoms with E-state index >= 15 is 0 Å². The van der Waals surface area contributed by atoms with Crippen molar-refractivity contribution in [3.05, 3.63) is 47.6 Å². The van der Waals surface area contributed by atoms with Crippen LogP contribution in [0.3, 0.4) is 0 Å². The fraction of sp³-hybridized carbons (Fsp3) is 0.467. The second-order valence-electron chi connectivity index (χ2n) is 5.21. The van der Waals surface area contributed by atoms with Crippen LogP contribution < -0.4 is 5.73 Å². The third kappa shape index (κ3) is 2.68. The first-order valence-corrected chi connectivity index (χ1v) is 6.98. The predicted molar refractivity (Wildman–Crippen MR) is 72.6 cm³/mol. The molecule has 0 amide bonds. The zero-order valence-electron chi connectivity index (χ0n) is 11.0. The maximum absolute atomic E-state index is 6.16. The first kappa shape index (κ1) is 12.4. The second-order valence-corrected chi connectivity index (χ2v) is 5.21. The van der Waals surface area contributed by atoms with E-state index in [4.69, 9.17) is 10.3 Å². The van der Waals surface area contributed by atoms with Gasteiger partial charge in [-0.1, -0.05) is 54.8 Å². The largest absolute Gasteiger partial charge is 0.337 e. The molecule has 1 fully saturated rings. The Morgan fingerprint density at radius 2 is 1.84 bits per heavy atom. The van der Waals surface area contributed by atoms with E-state index in [0.29, 0.717) is 11.8 Å². The third-order valence-electron chi connectivity index (χ3n) is 3.85. The van der Waals surface area contributed by atoms with E-state index in [1.54, 1.807) is 0 Å². The molecule has 0 aliphatic heterocycles. The van der Waals surface area contributed by atoms with Crippen molar-refractivity contribution in [2.75, 3.05) is 0 Å². The highest BCUT2D eigenvalue weighted by molar-refractivity contribution is 5.23. The van der Waals surface area contributed by atoms with Crippen LogP contribution in [-0.2, 0) is 0 Å². The van der Waals surface area contributed by atoms with Crippen molar-refractivity contribution in [3.8, 4) is 0 Å². The average molecular weight is 257 g/mol. The molecular formula is C15H19N3O. The first-order valence-electron chi connectivity index (χ1n) is 6.98. The molecule has 100 valence electrons. The van der Waals surface area contributed by atoms with E-state index in [2.05, 4.69) is 10.1 Å². The van der Waals surface area contributed by atoms with Crippen molar-refractivity contribution in [2.24, 2.45) is 5.73 Å². The highest BCUT2D eigenvalue weighted by Crippen LogP contribution is 2.31. The van der Waals surface area contributed by atoms with Gasteiger partial charge in [-0.2, -0.15) is 4.98 Å². The molecule has 1 saturated carbocycles. The van der Waals surface area contributed by atoms with Gasteiger partial charge in [0.1, 0.15) is 6.04 Å². The number of nitrogens with two attached hydrogens (primary N) is 1. The molecule has 1 aromatic heterocycles. The van der Waals surface area contributed by atoms with E-state index < -0.39 is 0 Å². The lowest BCUT2D eigenvalue weighted by Gasteiger charge is -2.17. The fourth-order valence-electron chi connectivity index (χ4n) is 2.70. The van der Waals surface area contributed by atoms with Crippen LogP contribution in [0.2, 0.25) is 0 Å². The molecule has 1 aromatic carbocycles. The third-order valence-corrected chi connectivity index (χ3v) is 3.85. The zero-order valence-corrected chi connectivity index (χ0v) is 11.0. The highest BCUT2D eigenvalue weighted by atomic mass is 16.5. The van der Waals surface area contributed by atoms with Crippen molar-refractivity contribution in [1.82, 2.24) is 10.1 Å². The van der Waals surface area contributed by atoms with Gasteiger partial charge < -0.3 is 10.3 Å². The summed E-state index contributed by atoms with van der Waals surface area (Å²) in [6, 6.07) is 9.54. The number of benzene rings is 1. The minimum absolute atomic E-state index is 0.328. The molecule has 3 rings (SSSR count). The Morgan fingerprint density at radius 1 is 1.11 bits per heavy atom. The standard InChI is InChI=1S/C15H19N3O/c16-13(11-7-3-1-4-8-11)15-17-14(18-19-15)12-9-5-2-6-10-12/h1,3-4,7-8,12-13H,2,5-6,9-10,16H2/t13-/m0/s1. The normalized spacial score (nSPS) is 18.4. The van der Waals surface area contributed by atoms with E-state index in [0.717, 1.165) is 11.4 Å². The summed E-state index contributed by atoms with van der Waals surface area (Å²) in [5.41, 5.74) is 7.16. The Bertz CT molecular complexity index is 517. The quantitative estimate of drug-likeness (QED) is 0.917. The molecule has 4 nitrogen and oxygen atoms in total. The van der Waals surface area contributed by atoms with Gasteiger partial charge in [-0.3, -0.25) is 0 Å². The lowest BCUT2D eigenvalue weighted by Crippen LogP contribution is -2.12. The summed E-state index contributed by atoms with van der Waals surface area (Å²) in [5.74, 6) is 1.81. The number of hydrogen-bond donors (Lipinski definition) is 1. The molecule has 19 heavy (non-hydrogen) atoms. The monoisotopic (exact) mass is 257 g/mol. The smallest absolute Gasteiger partial charge is 0.248 e. The molecule has 2 aromatic rings. The van der Waals surface area contributed by atoms with Gasteiger partial charge in [-0.25, -0.2) is 0 Å². The molecule has 0 radical (unpaired) electrons. The summed E-state index contributed by atoms with van der Waals surface area (Å²) >= 11 is 0. The number of aromatic nitrogens is 2. The van der Waals surface area contributed by atoms with E-state index in [9.17, 15) is 0 Å². The van der Waals surface area contributed by atoms with E-state index in [-0.39, 0.29) is 6.04 Å². The number of hydrogen-bond acceptors (Lipinski definition) is 4. The Balaban J connectivity index is 1.77. The predicted octanol–water partition coefficient (Wildman–Crippen LogP) is 3.17. The average Bonchev–Trinajstić information content (AvgIpc) is 2.98. The highest BCUT2D eigenvalue weighted by Gasteiger charge is 2.23. The molecule has 4 heteroatoms. The minimum atomic E-state index is -0.328. The van der Waals surface area contributed by atoms with Crippen LogP contribution >= 0.6 is 0 Å². The SMILES string of the molecule is N[C@@H](c1ccccc1)c1nc(C2CCCCC2)no1. The summed E-state index contributed by atoms with van der Waals surface area (Å²) in [7, 11) is 0. The van der Waals surface area contributed by atoms with Crippen LogP contribution in [0.5, 0.6) is 0 Å². The van der Waals surface area contributed by atoms with Crippen molar-refractivity contribution in [1.29, 1.82) is 0 Å². The molecule has 1 aliphatic rings. The fourth-order valence-corrected chi connectivity index (χ4v) is 2.70. The molecule has 0 unspecified atom stereocenters. The van der Waals surface area contributed by atoms with Crippen LogP contribution in [0.1, 0.15) is 61.3 Å². The lowest BCUT2D eigenvalue weighted by atomic mass is 9.89. The Morgan fingerprint density at radius 3 is 2.58 bits per heavy atom. The van der Waals surface area contributed by atoms with Crippen LogP contribution in [0, 0.1) is 0 Å². The van der Waals surface area contributed by atoms with Crippen molar-refractivity contribution in [3.63, 3.8) is 0 Å². The van der Waals surface area contributed by atoms with Crippen LogP contribution in [0.25, 0.3) is 0 Å². The number of nitrogens with zero attached hydrogens (tertiary/aromatic N) is 2. The molecule has 0 spiro atoms. The maximum Gasteiger partial charge on any atom is 0.248 e. The Kier molecular flexibility index (Phi) is 3.60. The first-order chi connectivity index (χ1) is 9.34. The van der Waals surface area contributed by atoms with Gasteiger partial charge in [-0.05, 0) is 18.4 Å². The van der Waals surface area contributed by atoms with Gasteiger partial charge in [0.15, 0.2) is 5.82 Å². The summed E-state index contributed by atoms with van der Waals surface area (Å²) in [6.45, 7) is 0. The topological polar surface area (TPSA) is 64.9 Å². The molecule has 2 N–H and O–H groups in total. The summed E-state index contributed by atoms with van der Waals surface area (Å²) in [5, 5.41) is 4.12. The van der Waals surface area contributed by atoms with Crippen molar-refractivity contribution >= 4 is 0 Å². The summed E-state index contributed by atoms with van der Waals surface area (Å²) in [6.07, 6.45) is 6.18. The van der Waals surface area contributed by atoms with Gasteiger partial charge in [0.25, 0.3) is 0 Å². The van der Waals surface area contributed by atoms with Crippen LogP contribution in [-0.4, -0.2) is 10.1 Å². The summed E-state index contributed by atoms with van der Waals surface area (Å²) in [4.78, 5) is 4.51. The molecule has 0 saturated heterocycles.